The monoisotopic (exact) mass is 277 g/mol. The van der Waals surface area contributed by atoms with Crippen LogP contribution in [-0.4, -0.2) is 31.4 Å². The van der Waals surface area contributed by atoms with E-state index in [-0.39, 0.29) is 11.3 Å². The molecule has 0 radical (unpaired) electrons. The summed E-state index contributed by atoms with van der Waals surface area (Å²) in [6.07, 6.45) is 0. The average molecular weight is 277 g/mol. The first-order valence-corrected chi connectivity index (χ1v) is 7.00. The molecule has 112 valence electrons. The highest BCUT2D eigenvalue weighted by molar-refractivity contribution is 5.95. The van der Waals surface area contributed by atoms with E-state index < -0.39 is 0 Å². The molecule has 4 heteroatoms. The molecule has 1 aromatic carbocycles. The lowest BCUT2D eigenvalue weighted by Crippen LogP contribution is -2.28. The lowest BCUT2D eigenvalue weighted by Gasteiger charge is -2.30. The van der Waals surface area contributed by atoms with E-state index in [1.807, 2.05) is 12.1 Å². The number of nitrogens with one attached hydrogen (secondary N) is 1. The summed E-state index contributed by atoms with van der Waals surface area (Å²) in [5.41, 5.74) is 8.32. The van der Waals surface area contributed by atoms with Crippen molar-refractivity contribution in [2.45, 2.75) is 27.7 Å². The van der Waals surface area contributed by atoms with Gasteiger partial charge in [0.1, 0.15) is 0 Å². The van der Waals surface area contributed by atoms with E-state index in [4.69, 9.17) is 5.73 Å². The molecule has 0 aliphatic heterocycles. The number of carbonyl (C=O) groups is 1. The Balaban J connectivity index is 2.82. The highest BCUT2D eigenvalue weighted by Crippen LogP contribution is 2.28. The minimum absolute atomic E-state index is 0.0363. The molecule has 0 saturated carbocycles. The van der Waals surface area contributed by atoms with Gasteiger partial charge < -0.3 is 16.0 Å². The Bertz CT molecular complexity index is 479. The van der Waals surface area contributed by atoms with E-state index in [1.54, 1.807) is 25.1 Å². The van der Waals surface area contributed by atoms with Crippen molar-refractivity contribution in [1.82, 2.24) is 4.90 Å². The molecule has 0 atom stereocenters. The number of nitrogens with two attached hydrogens (primary N) is 1. The first kappa shape index (κ1) is 16.3. The molecule has 1 rings (SSSR count). The van der Waals surface area contributed by atoms with Gasteiger partial charge in [-0.2, -0.15) is 0 Å². The van der Waals surface area contributed by atoms with Crippen molar-refractivity contribution >= 4 is 17.3 Å². The molecule has 1 aromatic rings. The van der Waals surface area contributed by atoms with Crippen LogP contribution in [0, 0.1) is 11.3 Å². The van der Waals surface area contributed by atoms with Crippen molar-refractivity contribution in [3.8, 4) is 0 Å². The standard InChI is InChI=1S/C16H27N3O/c1-11(2)16(3,4)10-18-14-8-7-12(9-13(14)17)15(20)19(5)6/h7-9,11,18H,10,17H2,1-6H3. The van der Waals surface area contributed by atoms with Crippen molar-refractivity contribution in [1.29, 1.82) is 0 Å². The SMILES string of the molecule is CC(C)C(C)(C)CNc1ccc(C(=O)N(C)C)cc1N. The quantitative estimate of drug-likeness (QED) is 0.813. The number of carbonyl (C=O) groups excluding carboxylic acids is 1. The summed E-state index contributed by atoms with van der Waals surface area (Å²) in [5.74, 6) is 0.538. The predicted octanol–water partition coefficient (Wildman–Crippen LogP) is 3.06. The van der Waals surface area contributed by atoms with E-state index in [0.717, 1.165) is 12.2 Å². The van der Waals surface area contributed by atoms with Gasteiger partial charge in [0.2, 0.25) is 0 Å². The Morgan fingerprint density at radius 3 is 2.40 bits per heavy atom. The van der Waals surface area contributed by atoms with E-state index in [2.05, 4.69) is 33.0 Å². The minimum atomic E-state index is -0.0363. The van der Waals surface area contributed by atoms with Gasteiger partial charge >= 0.3 is 0 Å². The molecule has 0 fully saturated rings. The number of amides is 1. The van der Waals surface area contributed by atoms with Gasteiger partial charge in [-0.05, 0) is 29.5 Å². The Kier molecular flexibility index (Phi) is 5.03. The second-order valence-corrected chi connectivity index (χ2v) is 6.50. The van der Waals surface area contributed by atoms with Crippen molar-refractivity contribution < 1.29 is 4.79 Å². The molecule has 1 amide bonds. The third kappa shape index (κ3) is 3.89. The Labute approximate surface area is 122 Å². The van der Waals surface area contributed by atoms with Crippen LogP contribution in [0.1, 0.15) is 38.1 Å². The van der Waals surface area contributed by atoms with E-state index in [9.17, 15) is 4.79 Å². The molecule has 0 unspecified atom stereocenters. The van der Waals surface area contributed by atoms with Crippen LogP contribution in [0.2, 0.25) is 0 Å². The molecule has 0 saturated heterocycles. The number of hydrogen-bond acceptors (Lipinski definition) is 3. The maximum Gasteiger partial charge on any atom is 0.253 e. The van der Waals surface area contributed by atoms with Crippen molar-refractivity contribution in [2.75, 3.05) is 31.7 Å². The van der Waals surface area contributed by atoms with Crippen LogP contribution in [0.25, 0.3) is 0 Å². The molecular formula is C16H27N3O. The Morgan fingerprint density at radius 1 is 1.35 bits per heavy atom. The molecule has 0 heterocycles. The van der Waals surface area contributed by atoms with Gasteiger partial charge in [0.05, 0.1) is 11.4 Å². The smallest absolute Gasteiger partial charge is 0.253 e. The molecule has 0 spiro atoms. The summed E-state index contributed by atoms with van der Waals surface area (Å²) in [5, 5.41) is 3.38. The summed E-state index contributed by atoms with van der Waals surface area (Å²) >= 11 is 0. The minimum Gasteiger partial charge on any atom is -0.397 e. The lowest BCUT2D eigenvalue weighted by molar-refractivity contribution is 0.0827. The largest absolute Gasteiger partial charge is 0.397 e. The topological polar surface area (TPSA) is 58.4 Å². The zero-order valence-electron chi connectivity index (χ0n) is 13.4. The summed E-state index contributed by atoms with van der Waals surface area (Å²) in [4.78, 5) is 13.4. The van der Waals surface area contributed by atoms with E-state index in [0.29, 0.717) is 17.2 Å². The molecule has 3 N–H and O–H groups in total. The highest BCUT2D eigenvalue weighted by atomic mass is 16.2. The van der Waals surface area contributed by atoms with Crippen LogP contribution in [-0.2, 0) is 0 Å². The van der Waals surface area contributed by atoms with Crippen LogP contribution in [0.5, 0.6) is 0 Å². The summed E-state index contributed by atoms with van der Waals surface area (Å²) in [6, 6.07) is 5.42. The van der Waals surface area contributed by atoms with Gasteiger partial charge in [-0.3, -0.25) is 4.79 Å². The van der Waals surface area contributed by atoms with Gasteiger partial charge in [0.25, 0.3) is 5.91 Å². The van der Waals surface area contributed by atoms with Crippen LogP contribution in [0.15, 0.2) is 18.2 Å². The number of rotatable bonds is 5. The van der Waals surface area contributed by atoms with Crippen LogP contribution < -0.4 is 11.1 Å². The molecular weight excluding hydrogens is 250 g/mol. The molecule has 0 aromatic heterocycles. The average Bonchev–Trinajstić information content (AvgIpc) is 2.36. The maximum atomic E-state index is 11.9. The number of nitrogens with zero attached hydrogens (tertiary/aromatic N) is 1. The van der Waals surface area contributed by atoms with Crippen LogP contribution >= 0.6 is 0 Å². The Morgan fingerprint density at radius 2 is 1.95 bits per heavy atom. The van der Waals surface area contributed by atoms with Crippen molar-refractivity contribution in [3.63, 3.8) is 0 Å². The van der Waals surface area contributed by atoms with Crippen LogP contribution in [0.4, 0.5) is 11.4 Å². The van der Waals surface area contributed by atoms with Gasteiger partial charge in [-0.25, -0.2) is 0 Å². The molecule has 0 aliphatic rings. The fourth-order valence-electron chi connectivity index (χ4n) is 1.64. The molecule has 4 nitrogen and oxygen atoms in total. The zero-order valence-corrected chi connectivity index (χ0v) is 13.4. The molecule has 0 aliphatic carbocycles. The first-order valence-electron chi connectivity index (χ1n) is 7.00. The first-order chi connectivity index (χ1) is 9.15. The van der Waals surface area contributed by atoms with Gasteiger partial charge in [0.15, 0.2) is 0 Å². The molecule has 20 heavy (non-hydrogen) atoms. The normalized spacial score (nSPS) is 11.6. The van der Waals surface area contributed by atoms with Gasteiger partial charge in [-0.1, -0.05) is 27.7 Å². The molecule has 0 bridgehead atoms. The highest BCUT2D eigenvalue weighted by Gasteiger charge is 2.22. The zero-order chi connectivity index (χ0) is 15.5. The summed E-state index contributed by atoms with van der Waals surface area (Å²) < 4.78 is 0. The van der Waals surface area contributed by atoms with Crippen LogP contribution in [0.3, 0.4) is 0 Å². The Hall–Kier alpha value is -1.71. The number of benzene rings is 1. The van der Waals surface area contributed by atoms with Crippen molar-refractivity contribution in [3.05, 3.63) is 23.8 Å². The fourth-order valence-corrected chi connectivity index (χ4v) is 1.64. The van der Waals surface area contributed by atoms with Crippen molar-refractivity contribution in [2.24, 2.45) is 11.3 Å². The number of hydrogen-bond donors (Lipinski definition) is 2. The van der Waals surface area contributed by atoms with E-state index >= 15 is 0 Å². The lowest BCUT2D eigenvalue weighted by atomic mass is 9.81. The third-order valence-electron chi connectivity index (χ3n) is 4.00. The van der Waals surface area contributed by atoms with E-state index in [1.165, 1.54) is 0 Å². The predicted molar refractivity (Wildman–Crippen MR) is 86.0 cm³/mol. The maximum absolute atomic E-state index is 11.9. The number of nitrogen functional groups attached to an aromatic ring is 1. The van der Waals surface area contributed by atoms with Gasteiger partial charge in [0, 0.05) is 26.2 Å². The second-order valence-electron chi connectivity index (χ2n) is 6.50. The number of anilines is 2. The summed E-state index contributed by atoms with van der Waals surface area (Å²) in [7, 11) is 3.46. The third-order valence-corrected chi connectivity index (χ3v) is 4.00. The second kappa shape index (κ2) is 6.16. The fraction of sp³-hybridized carbons (Fsp3) is 0.562. The summed E-state index contributed by atoms with van der Waals surface area (Å²) in [6.45, 7) is 9.72. The van der Waals surface area contributed by atoms with Gasteiger partial charge in [-0.15, -0.1) is 0 Å².